The number of piperidine rings is 1. The number of para-hydroxylation sites is 1. The molecule has 2 heterocycles. The van der Waals surface area contributed by atoms with Crippen LogP contribution in [0.3, 0.4) is 0 Å². The van der Waals surface area contributed by atoms with Gasteiger partial charge in [0.15, 0.2) is 5.96 Å². The lowest BCUT2D eigenvalue weighted by Gasteiger charge is -2.31. The molecular formula is C22H31N5O. The van der Waals surface area contributed by atoms with Crippen LogP contribution in [0, 0.1) is 5.92 Å². The molecule has 1 saturated heterocycles. The van der Waals surface area contributed by atoms with Crippen LogP contribution in [-0.2, 0) is 6.54 Å². The van der Waals surface area contributed by atoms with E-state index in [4.69, 9.17) is 4.74 Å². The van der Waals surface area contributed by atoms with E-state index in [0.717, 1.165) is 42.1 Å². The molecule has 1 fully saturated rings. The van der Waals surface area contributed by atoms with Gasteiger partial charge in [0.25, 0.3) is 0 Å². The molecule has 6 nitrogen and oxygen atoms in total. The minimum atomic E-state index is 0.579. The van der Waals surface area contributed by atoms with Crippen LogP contribution in [0.5, 0.6) is 5.75 Å². The average Bonchev–Trinajstić information content (AvgIpc) is 2.75. The summed E-state index contributed by atoms with van der Waals surface area (Å²) in [6.45, 7) is 6.48. The lowest BCUT2D eigenvalue weighted by atomic mass is 9.99. The summed E-state index contributed by atoms with van der Waals surface area (Å²) in [6.07, 6.45) is 4.45. The number of benzene rings is 1. The maximum atomic E-state index is 5.68. The van der Waals surface area contributed by atoms with E-state index in [0.29, 0.717) is 19.7 Å². The highest BCUT2D eigenvalue weighted by atomic mass is 16.5. The minimum Gasteiger partial charge on any atom is -0.492 e. The van der Waals surface area contributed by atoms with E-state index >= 15 is 0 Å². The molecule has 0 unspecified atom stereocenters. The predicted octanol–water partition coefficient (Wildman–Crippen LogP) is 3.06. The first kappa shape index (κ1) is 20.0. The summed E-state index contributed by atoms with van der Waals surface area (Å²) in [5, 5.41) is 6.58. The highest BCUT2D eigenvalue weighted by Crippen LogP contribution is 2.21. The molecule has 28 heavy (non-hydrogen) atoms. The number of rotatable bonds is 7. The van der Waals surface area contributed by atoms with Crippen LogP contribution in [0.2, 0.25) is 0 Å². The first-order valence-electron chi connectivity index (χ1n) is 10.1. The molecule has 150 valence electrons. The van der Waals surface area contributed by atoms with E-state index in [1.807, 2.05) is 36.5 Å². The van der Waals surface area contributed by atoms with Crippen molar-refractivity contribution in [1.29, 1.82) is 0 Å². The summed E-state index contributed by atoms with van der Waals surface area (Å²) >= 11 is 0. The number of ether oxygens (including phenoxy) is 1. The molecular weight excluding hydrogens is 350 g/mol. The van der Waals surface area contributed by atoms with Crippen molar-refractivity contribution >= 4 is 11.8 Å². The normalized spacial score (nSPS) is 15.4. The van der Waals surface area contributed by atoms with Crippen LogP contribution >= 0.6 is 0 Å². The minimum absolute atomic E-state index is 0.579. The van der Waals surface area contributed by atoms with Gasteiger partial charge in [-0.15, -0.1) is 0 Å². The van der Waals surface area contributed by atoms with E-state index in [2.05, 4.69) is 44.6 Å². The van der Waals surface area contributed by atoms with Crippen LogP contribution in [0.25, 0.3) is 0 Å². The van der Waals surface area contributed by atoms with Crippen molar-refractivity contribution in [1.82, 2.24) is 15.6 Å². The highest BCUT2D eigenvalue weighted by Gasteiger charge is 2.16. The fourth-order valence-electron chi connectivity index (χ4n) is 3.21. The number of nitrogens with zero attached hydrogens (tertiary/aromatic N) is 3. The quantitative estimate of drug-likeness (QED) is 0.438. The Morgan fingerprint density at radius 1 is 1.14 bits per heavy atom. The van der Waals surface area contributed by atoms with Gasteiger partial charge < -0.3 is 20.3 Å². The van der Waals surface area contributed by atoms with Crippen molar-refractivity contribution in [3.63, 3.8) is 0 Å². The second-order valence-electron chi connectivity index (χ2n) is 7.21. The Balaban J connectivity index is 1.38. The third-order valence-corrected chi connectivity index (χ3v) is 5.01. The SMILES string of the molecule is CN=C(NCCOc1ccccc1)NCc1ccc(N2CCC(C)CC2)nc1. The number of nitrogens with one attached hydrogen (secondary N) is 2. The van der Waals surface area contributed by atoms with Crippen LogP contribution in [0.4, 0.5) is 5.82 Å². The Labute approximate surface area is 168 Å². The molecule has 1 aliphatic rings. The number of anilines is 1. The summed E-state index contributed by atoms with van der Waals surface area (Å²) in [5.74, 6) is 3.54. The molecule has 0 amide bonds. The summed E-state index contributed by atoms with van der Waals surface area (Å²) in [4.78, 5) is 11.3. The van der Waals surface area contributed by atoms with Crippen LogP contribution in [-0.4, -0.2) is 44.2 Å². The molecule has 1 aliphatic heterocycles. The summed E-state index contributed by atoms with van der Waals surface area (Å²) in [7, 11) is 1.77. The van der Waals surface area contributed by atoms with Crippen molar-refractivity contribution in [3.8, 4) is 5.75 Å². The lowest BCUT2D eigenvalue weighted by Crippen LogP contribution is -2.39. The first-order valence-corrected chi connectivity index (χ1v) is 10.1. The molecule has 2 N–H and O–H groups in total. The van der Waals surface area contributed by atoms with E-state index in [1.165, 1.54) is 12.8 Å². The van der Waals surface area contributed by atoms with E-state index in [9.17, 15) is 0 Å². The Morgan fingerprint density at radius 2 is 1.93 bits per heavy atom. The molecule has 0 saturated carbocycles. The second-order valence-corrected chi connectivity index (χ2v) is 7.21. The Bertz CT molecular complexity index is 724. The van der Waals surface area contributed by atoms with E-state index in [-0.39, 0.29) is 0 Å². The van der Waals surface area contributed by atoms with Gasteiger partial charge in [-0.3, -0.25) is 4.99 Å². The topological polar surface area (TPSA) is 61.8 Å². The lowest BCUT2D eigenvalue weighted by molar-refractivity contribution is 0.322. The second kappa shape index (κ2) is 10.5. The first-order chi connectivity index (χ1) is 13.7. The number of aliphatic imine (C=N–C) groups is 1. The third kappa shape index (κ3) is 6.15. The molecule has 1 aromatic heterocycles. The molecule has 0 aliphatic carbocycles. The van der Waals surface area contributed by atoms with Gasteiger partial charge in [0.1, 0.15) is 18.2 Å². The predicted molar refractivity (Wildman–Crippen MR) is 115 cm³/mol. The zero-order valence-electron chi connectivity index (χ0n) is 16.9. The maximum Gasteiger partial charge on any atom is 0.191 e. The van der Waals surface area contributed by atoms with E-state index in [1.54, 1.807) is 7.05 Å². The van der Waals surface area contributed by atoms with Crippen molar-refractivity contribution in [2.24, 2.45) is 10.9 Å². The Kier molecular flexibility index (Phi) is 7.53. The van der Waals surface area contributed by atoms with Gasteiger partial charge in [0, 0.05) is 32.9 Å². The molecule has 1 aromatic carbocycles. The Morgan fingerprint density at radius 3 is 2.61 bits per heavy atom. The largest absolute Gasteiger partial charge is 0.492 e. The van der Waals surface area contributed by atoms with Gasteiger partial charge in [0.05, 0.1) is 6.54 Å². The molecule has 2 aromatic rings. The summed E-state index contributed by atoms with van der Waals surface area (Å²) < 4.78 is 5.68. The van der Waals surface area contributed by atoms with Gasteiger partial charge in [-0.2, -0.15) is 0 Å². The smallest absolute Gasteiger partial charge is 0.191 e. The maximum absolute atomic E-state index is 5.68. The number of hydrogen-bond donors (Lipinski definition) is 2. The molecule has 0 radical (unpaired) electrons. The fraction of sp³-hybridized carbons (Fsp3) is 0.455. The molecule has 6 heteroatoms. The molecule has 0 atom stereocenters. The van der Waals surface area contributed by atoms with Crippen molar-refractivity contribution in [2.75, 3.05) is 38.2 Å². The van der Waals surface area contributed by atoms with Gasteiger partial charge in [0.2, 0.25) is 0 Å². The van der Waals surface area contributed by atoms with Gasteiger partial charge in [-0.25, -0.2) is 4.98 Å². The van der Waals surface area contributed by atoms with Crippen molar-refractivity contribution in [3.05, 3.63) is 54.2 Å². The number of hydrogen-bond acceptors (Lipinski definition) is 4. The van der Waals surface area contributed by atoms with Crippen molar-refractivity contribution < 1.29 is 4.74 Å². The van der Waals surface area contributed by atoms with Crippen molar-refractivity contribution in [2.45, 2.75) is 26.3 Å². The zero-order chi connectivity index (χ0) is 19.6. The monoisotopic (exact) mass is 381 g/mol. The van der Waals surface area contributed by atoms with Gasteiger partial charge in [-0.1, -0.05) is 31.2 Å². The number of aromatic nitrogens is 1. The van der Waals surface area contributed by atoms with Crippen LogP contribution in [0.15, 0.2) is 53.7 Å². The molecule has 3 rings (SSSR count). The molecule has 0 spiro atoms. The highest BCUT2D eigenvalue weighted by molar-refractivity contribution is 5.79. The standard InChI is InChI=1S/C22H31N5O/c1-18-10-13-27(14-11-18)21-9-8-19(16-25-21)17-26-22(23-2)24-12-15-28-20-6-4-3-5-7-20/h3-9,16,18H,10-15,17H2,1-2H3,(H2,23,24,26). The Hall–Kier alpha value is -2.76. The van der Waals surface area contributed by atoms with Crippen LogP contribution < -0.4 is 20.3 Å². The third-order valence-electron chi connectivity index (χ3n) is 5.01. The molecule has 0 bridgehead atoms. The van der Waals surface area contributed by atoms with Gasteiger partial charge in [-0.05, 0) is 42.5 Å². The zero-order valence-corrected chi connectivity index (χ0v) is 16.9. The average molecular weight is 382 g/mol. The number of pyridine rings is 1. The fourth-order valence-corrected chi connectivity index (χ4v) is 3.21. The number of guanidine groups is 1. The van der Waals surface area contributed by atoms with Gasteiger partial charge >= 0.3 is 0 Å². The van der Waals surface area contributed by atoms with E-state index < -0.39 is 0 Å². The van der Waals surface area contributed by atoms with Crippen LogP contribution in [0.1, 0.15) is 25.3 Å². The summed E-state index contributed by atoms with van der Waals surface area (Å²) in [5.41, 5.74) is 1.14. The summed E-state index contributed by atoms with van der Waals surface area (Å²) in [6, 6.07) is 14.1.